The highest BCUT2D eigenvalue weighted by Crippen LogP contribution is 2.16. The van der Waals surface area contributed by atoms with Crippen LogP contribution in [0.25, 0.3) is 0 Å². The zero-order valence-corrected chi connectivity index (χ0v) is 12.8. The van der Waals surface area contributed by atoms with E-state index in [9.17, 15) is 9.59 Å². The van der Waals surface area contributed by atoms with Crippen molar-refractivity contribution in [1.82, 2.24) is 10.2 Å². The van der Waals surface area contributed by atoms with E-state index in [-0.39, 0.29) is 12.3 Å². The molecule has 22 heavy (non-hydrogen) atoms. The second kappa shape index (κ2) is 8.54. The van der Waals surface area contributed by atoms with Gasteiger partial charge in [-0.2, -0.15) is 0 Å². The van der Waals surface area contributed by atoms with Crippen LogP contribution in [0, 0.1) is 5.92 Å². The number of rotatable bonds is 7. The van der Waals surface area contributed by atoms with Crippen molar-refractivity contribution in [3.05, 3.63) is 35.9 Å². The predicted octanol–water partition coefficient (Wildman–Crippen LogP) is 1.99. The summed E-state index contributed by atoms with van der Waals surface area (Å²) in [5.41, 5.74) is 0.691. The van der Waals surface area contributed by atoms with E-state index >= 15 is 0 Å². The Morgan fingerprint density at radius 2 is 2.05 bits per heavy atom. The molecule has 1 amide bonds. The van der Waals surface area contributed by atoms with Crippen molar-refractivity contribution in [3.8, 4) is 0 Å². The number of carbonyl (C=O) groups excluding carboxylic acids is 1. The molecule has 1 unspecified atom stereocenters. The Hall–Kier alpha value is -1.88. The Morgan fingerprint density at radius 1 is 1.27 bits per heavy atom. The van der Waals surface area contributed by atoms with Gasteiger partial charge in [-0.3, -0.25) is 9.59 Å². The summed E-state index contributed by atoms with van der Waals surface area (Å²) in [5, 5.41) is 11.7. The SMILES string of the molecule is O=C(O)CCCN1CCCC(CNC(=O)c2ccccc2)C1. The van der Waals surface area contributed by atoms with E-state index in [1.165, 1.54) is 0 Å². The first-order valence-electron chi connectivity index (χ1n) is 7.92. The van der Waals surface area contributed by atoms with Crippen LogP contribution in [0.15, 0.2) is 30.3 Å². The van der Waals surface area contributed by atoms with Crippen LogP contribution in [0.5, 0.6) is 0 Å². The van der Waals surface area contributed by atoms with Gasteiger partial charge in [0.2, 0.25) is 0 Å². The van der Waals surface area contributed by atoms with Crippen LogP contribution in [-0.2, 0) is 4.79 Å². The molecule has 5 nitrogen and oxygen atoms in total. The molecule has 0 radical (unpaired) electrons. The number of amides is 1. The highest BCUT2D eigenvalue weighted by molar-refractivity contribution is 5.94. The van der Waals surface area contributed by atoms with Gasteiger partial charge in [0.1, 0.15) is 0 Å². The van der Waals surface area contributed by atoms with Crippen LogP contribution in [0.2, 0.25) is 0 Å². The molecule has 1 aliphatic rings. The number of carboxylic acid groups (broad SMARTS) is 1. The smallest absolute Gasteiger partial charge is 0.303 e. The molecule has 120 valence electrons. The molecule has 5 heteroatoms. The van der Waals surface area contributed by atoms with Gasteiger partial charge in [0.05, 0.1) is 0 Å². The summed E-state index contributed by atoms with van der Waals surface area (Å²) >= 11 is 0. The number of likely N-dealkylation sites (tertiary alicyclic amines) is 1. The van der Waals surface area contributed by atoms with Crippen LogP contribution in [0.1, 0.15) is 36.0 Å². The van der Waals surface area contributed by atoms with E-state index in [1.54, 1.807) is 0 Å². The molecular weight excluding hydrogens is 280 g/mol. The zero-order valence-electron chi connectivity index (χ0n) is 12.8. The van der Waals surface area contributed by atoms with Crippen molar-refractivity contribution in [3.63, 3.8) is 0 Å². The van der Waals surface area contributed by atoms with Gasteiger partial charge >= 0.3 is 5.97 Å². The fraction of sp³-hybridized carbons (Fsp3) is 0.529. The molecule has 0 saturated carbocycles. The zero-order chi connectivity index (χ0) is 15.8. The van der Waals surface area contributed by atoms with Gasteiger partial charge in [0.15, 0.2) is 0 Å². The molecule has 1 aromatic rings. The third-order valence-electron chi connectivity index (χ3n) is 4.06. The fourth-order valence-corrected chi connectivity index (χ4v) is 2.90. The lowest BCUT2D eigenvalue weighted by Gasteiger charge is -2.32. The maximum Gasteiger partial charge on any atom is 0.303 e. The summed E-state index contributed by atoms with van der Waals surface area (Å²) in [6.45, 7) is 3.48. The summed E-state index contributed by atoms with van der Waals surface area (Å²) in [7, 11) is 0. The van der Waals surface area contributed by atoms with Gasteiger partial charge in [-0.05, 0) is 50.4 Å². The third kappa shape index (κ3) is 5.48. The largest absolute Gasteiger partial charge is 0.481 e. The number of carboxylic acids is 1. The monoisotopic (exact) mass is 304 g/mol. The average Bonchev–Trinajstić information content (AvgIpc) is 2.53. The molecule has 1 aromatic carbocycles. The van der Waals surface area contributed by atoms with E-state index in [1.807, 2.05) is 30.3 Å². The van der Waals surface area contributed by atoms with Crippen molar-refractivity contribution in [2.45, 2.75) is 25.7 Å². The van der Waals surface area contributed by atoms with Crippen LogP contribution in [-0.4, -0.2) is 48.1 Å². The number of nitrogens with zero attached hydrogens (tertiary/aromatic N) is 1. The summed E-state index contributed by atoms with van der Waals surface area (Å²) in [5.74, 6) is -0.307. The van der Waals surface area contributed by atoms with E-state index in [0.29, 0.717) is 24.4 Å². The number of hydrogen-bond donors (Lipinski definition) is 2. The summed E-state index contributed by atoms with van der Waals surface area (Å²) in [6.07, 6.45) is 3.15. The van der Waals surface area contributed by atoms with Crippen LogP contribution >= 0.6 is 0 Å². The Bertz CT molecular complexity index is 490. The molecule has 0 spiro atoms. The summed E-state index contributed by atoms with van der Waals surface area (Å²) < 4.78 is 0. The maximum atomic E-state index is 12.0. The van der Waals surface area contributed by atoms with Crippen LogP contribution in [0.4, 0.5) is 0 Å². The van der Waals surface area contributed by atoms with Crippen LogP contribution in [0.3, 0.4) is 0 Å². The minimum atomic E-state index is -0.733. The van der Waals surface area contributed by atoms with Gasteiger partial charge in [-0.15, -0.1) is 0 Å². The molecule has 2 N–H and O–H groups in total. The number of aliphatic carboxylic acids is 1. The minimum Gasteiger partial charge on any atom is -0.481 e. The van der Waals surface area contributed by atoms with Crippen LogP contribution < -0.4 is 5.32 Å². The summed E-state index contributed by atoms with van der Waals surface area (Å²) in [4.78, 5) is 24.9. The Kier molecular flexibility index (Phi) is 6.40. The van der Waals surface area contributed by atoms with E-state index in [2.05, 4.69) is 10.2 Å². The number of nitrogens with one attached hydrogen (secondary N) is 1. The van der Waals surface area contributed by atoms with Gasteiger partial charge in [-0.1, -0.05) is 18.2 Å². The second-order valence-corrected chi connectivity index (χ2v) is 5.88. The normalized spacial score (nSPS) is 18.8. The third-order valence-corrected chi connectivity index (χ3v) is 4.06. The van der Waals surface area contributed by atoms with Gasteiger partial charge in [-0.25, -0.2) is 0 Å². The van der Waals surface area contributed by atoms with Crippen molar-refractivity contribution < 1.29 is 14.7 Å². The predicted molar refractivity (Wildman–Crippen MR) is 84.8 cm³/mol. The molecule has 2 rings (SSSR count). The lowest BCUT2D eigenvalue weighted by Crippen LogP contribution is -2.41. The molecule has 0 bridgehead atoms. The number of hydrogen-bond acceptors (Lipinski definition) is 3. The number of carbonyl (C=O) groups is 2. The topological polar surface area (TPSA) is 69.6 Å². The van der Waals surface area contributed by atoms with Gasteiger partial charge in [0.25, 0.3) is 5.91 Å². The maximum absolute atomic E-state index is 12.0. The Balaban J connectivity index is 1.71. The molecule has 1 heterocycles. The lowest BCUT2D eigenvalue weighted by atomic mass is 9.97. The highest BCUT2D eigenvalue weighted by Gasteiger charge is 2.20. The first-order valence-corrected chi connectivity index (χ1v) is 7.92. The molecule has 1 fully saturated rings. The Labute approximate surface area is 131 Å². The quantitative estimate of drug-likeness (QED) is 0.808. The number of piperidine rings is 1. The van der Waals surface area contributed by atoms with E-state index in [0.717, 1.165) is 32.5 Å². The first-order chi connectivity index (χ1) is 10.6. The molecule has 1 saturated heterocycles. The summed E-state index contributed by atoms with van der Waals surface area (Å²) in [6, 6.07) is 9.25. The number of benzene rings is 1. The highest BCUT2D eigenvalue weighted by atomic mass is 16.4. The molecule has 0 aliphatic carbocycles. The van der Waals surface area contributed by atoms with E-state index in [4.69, 9.17) is 5.11 Å². The van der Waals surface area contributed by atoms with Crippen molar-refractivity contribution >= 4 is 11.9 Å². The molecule has 1 atom stereocenters. The fourth-order valence-electron chi connectivity index (χ4n) is 2.90. The standard InChI is InChI=1S/C17H24N2O3/c20-16(21)9-5-11-19-10-4-6-14(13-19)12-18-17(22)15-7-2-1-3-8-15/h1-3,7-8,14H,4-6,9-13H2,(H,18,22)(H,20,21). The minimum absolute atomic E-state index is 0.0244. The van der Waals surface area contributed by atoms with Crippen molar-refractivity contribution in [2.24, 2.45) is 5.92 Å². The van der Waals surface area contributed by atoms with Gasteiger partial charge in [0, 0.05) is 25.1 Å². The second-order valence-electron chi connectivity index (χ2n) is 5.88. The van der Waals surface area contributed by atoms with Crippen molar-refractivity contribution in [2.75, 3.05) is 26.2 Å². The molecule has 1 aliphatic heterocycles. The average molecular weight is 304 g/mol. The molecule has 0 aromatic heterocycles. The Morgan fingerprint density at radius 3 is 2.77 bits per heavy atom. The molecular formula is C17H24N2O3. The van der Waals surface area contributed by atoms with E-state index < -0.39 is 5.97 Å². The van der Waals surface area contributed by atoms with Gasteiger partial charge < -0.3 is 15.3 Å². The lowest BCUT2D eigenvalue weighted by molar-refractivity contribution is -0.137. The van der Waals surface area contributed by atoms with Crippen molar-refractivity contribution in [1.29, 1.82) is 0 Å². The first kappa shape index (κ1) is 16.5.